The summed E-state index contributed by atoms with van der Waals surface area (Å²) in [7, 11) is 1.67. The molecule has 0 spiro atoms. The van der Waals surface area contributed by atoms with E-state index < -0.39 is 17.3 Å². The molecular formula is C19H18F3N9O2S. The van der Waals surface area contributed by atoms with Crippen LogP contribution in [0.1, 0.15) is 11.1 Å². The van der Waals surface area contributed by atoms with Gasteiger partial charge in [0, 0.05) is 13.6 Å². The van der Waals surface area contributed by atoms with E-state index in [1.165, 1.54) is 50.3 Å². The van der Waals surface area contributed by atoms with Gasteiger partial charge in [-0.05, 0) is 28.1 Å². The van der Waals surface area contributed by atoms with Crippen molar-refractivity contribution >= 4 is 28.7 Å². The Morgan fingerprint density at radius 2 is 2.09 bits per heavy atom. The largest absolute Gasteiger partial charge is 0.416 e. The first-order chi connectivity index (χ1) is 16.2. The SMILES string of the molecule is Cn1nnnc1SCC(=O)NCCn1ncc2c(=O)n(Cc3cccc(C(F)(F)F)c3)cnc21. The summed E-state index contributed by atoms with van der Waals surface area (Å²) in [6, 6.07) is 4.78. The van der Waals surface area contributed by atoms with Crippen LogP contribution in [-0.4, -0.2) is 57.7 Å². The van der Waals surface area contributed by atoms with Gasteiger partial charge in [-0.1, -0.05) is 23.9 Å². The van der Waals surface area contributed by atoms with E-state index in [1.807, 2.05) is 0 Å². The average molecular weight is 493 g/mol. The molecule has 3 aromatic heterocycles. The summed E-state index contributed by atoms with van der Waals surface area (Å²) in [4.78, 5) is 29.1. The normalized spacial score (nSPS) is 11.8. The lowest BCUT2D eigenvalue weighted by Crippen LogP contribution is -2.29. The third-order valence-corrected chi connectivity index (χ3v) is 5.80. The van der Waals surface area contributed by atoms with Crippen LogP contribution in [0.15, 0.2) is 46.7 Å². The number of thioether (sulfide) groups is 1. The van der Waals surface area contributed by atoms with E-state index in [0.717, 1.165) is 12.1 Å². The van der Waals surface area contributed by atoms with Crippen molar-refractivity contribution in [3.8, 4) is 0 Å². The van der Waals surface area contributed by atoms with Gasteiger partial charge in [0.15, 0.2) is 5.65 Å². The third kappa shape index (κ3) is 5.24. The molecule has 1 aromatic carbocycles. The fourth-order valence-electron chi connectivity index (χ4n) is 3.14. The van der Waals surface area contributed by atoms with Crippen LogP contribution in [0.5, 0.6) is 0 Å². The number of nitrogens with one attached hydrogen (secondary N) is 1. The Bertz CT molecular complexity index is 1380. The molecule has 4 aromatic rings. The quantitative estimate of drug-likeness (QED) is 0.362. The molecule has 11 nitrogen and oxygen atoms in total. The van der Waals surface area contributed by atoms with Crippen molar-refractivity contribution in [3.05, 3.63) is 58.3 Å². The minimum atomic E-state index is -4.47. The van der Waals surface area contributed by atoms with Crippen LogP contribution in [0.4, 0.5) is 13.2 Å². The summed E-state index contributed by atoms with van der Waals surface area (Å²) in [5.41, 5.74) is -0.567. The molecule has 1 amide bonds. The van der Waals surface area contributed by atoms with Crippen LogP contribution in [0, 0.1) is 0 Å². The number of benzene rings is 1. The van der Waals surface area contributed by atoms with Crippen molar-refractivity contribution < 1.29 is 18.0 Å². The zero-order valence-electron chi connectivity index (χ0n) is 17.7. The second-order valence-electron chi connectivity index (χ2n) is 7.20. The number of aryl methyl sites for hydroxylation is 1. The molecular weight excluding hydrogens is 475 g/mol. The molecule has 0 aliphatic rings. The Balaban J connectivity index is 1.39. The first kappa shape index (κ1) is 23.4. The molecule has 34 heavy (non-hydrogen) atoms. The Morgan fingerprint density at radius 1 is 1.26 bits per heavy atom. The fourth-order valence-corrected chi connectivity index (χ4v) is 3.82. The van der Waals surface area contributed by atoms with E-state index >= 15 is 0 Å². The molecule has 0 atom stereocenters. The van der Waals surface area contributed by atoms with Crippen molar-refractivity contribution in [1.82, 2.24) is 44.9 Å². The van der Waals surface area contributed by atoms with Gasteiger partial charge in [0.1, 0.15) is 11.7 Å². The smallest absolute Gasteiger partial charge is 0.354 e. The number of nitrogens with zero attached hydrogens (tertiary/aromatic N) is 8. The summed E-state index contributed by atoms with van der Waals surface area (Å²) in [6.07, 6.45) is -1.84. The van der Waals surface area contributed by atoms with E-state index in [2.05, 4.69) is 30.9 Å². The van der Waals surface area contributed by atoms with E-state index in [-0.39, 0.29) is 36.7 Å². The van der Waals surface area contributed by atoms with Gasteiger partial charge in [-0.3, -0.25) is 14.2 Å². The van der Waals surface area contributed by atoms with E-state index in [4.69, 9.17) is 0 Å². The van der Waals surface area contributed by atoms with Crippen molar-refractivity contribution in [1.29, 1.82) is 0 Å². The van der Waals surface area contributed by atoms with Crippen LogP contribution < -0.4 is 10.9 Å². The summed E-state index contributed by atoms with van der Waals surface area (Å²) < 4.78 is 43.0. The molecule has 0 saturated heterocycles. The number of rotatable bonds is 8. The summed E-state index contributed by atoms with van der Waals surface area (Å²) in [5.74, 6) is -0.0899. The number of hydrogen-bond acceptors (Lipinski definition) is 8. The standard InChI is InChI=1S/C19H18F3N9O2S/c1-29-18(26-27-28-29)34-10-15(32)23-5-6-31-16-14(8-25-31)17(33)30(11-24-16)9-12-3-2-4-13(7-12)19(20,21)22/h2-4,7-8,11H,5-6,9-10H2,1H3,(H,23,32). The molecule has 0 aliphatic carbocycles. The number of carbonyl (C=O) groups excluding carboxylic acids is 1. The summed E-state index contributed by atoms with van der Waals surface area (Å²) in [5, 5.41) is 18.6. The van der Waals surface area contributed by atoms with Gasteiger partial charge >= 0.3 is 6.18 Å². The van der Waals surface area contributed by atoms with Crippen LogP contribution in [0.2, 0.25) is 0 Å². The summed E-state index contributed by atoms with van der Waals surface area (Å²) >= 11 is 1.19. The second kappa shape index (κ2) is 9.62. The predicted molar refractivity (Wildman–Crippen MR) is 115 cm³/mol. The average Bonchev–Trinajstić information content (AvgIpc) is 3.40. The topological polar surface area (TPSA) is 125 Å². The van der Waals surface area contributed by atoms with E-state index in [9.17, 15) is 22.8 Å². The van der Waals surface area contributed by atoms with Crippen LogP contribution in [0.3, 0.4) is 0 Å². The third-order valence-electron chi connectivity index (χ3n) is 4.79. The first-order valence-electron chi connectivity index (χ1n) is 9.91. The monoisotopic (exact) mass is 493 g/mol. The maximum atomic E-state index is 12.9. The highest BCUT2D eigenvalue weighted by Crippen LogP contribution is 2.29. The molecule has 0 radical (unpaired) electrons. The van der Waals surface area contributed by atoms with Gasteiger partial charge < -0.3 is 5.32 Å². The van der Waals surface area contributed by atoms with Crippen molar-refractivity contribution in [2.24, 2.45) is 7.05 Å². The lowest BCUT2D eigenvalue weighted by molar-refractivity contribution is -0.137. The van der Waals surface area contributed by atoms with Gasteiger partial charge in [-0.2, -0.15) is 18.3 Å². The highest BCUT2D eigenvalue weighted by Gasteiger charge is 2.30. The molecule has 0 aliphatic heterocycles. The molecule has 0 unspecified atom stereocenters. The fraction of sp³-hybridized carbons (Fsp3) is 0.316. The Morgan fingerprint density at radius 3 is 2.82 bits per heavy atom. The maximum absolute atomic E-state index is 12.9. The van der Waals surface area contributed by atoms with Gasteiger partial charge in [-0.25, -0.2) is 14.3 Å². The molecule has 4 rings (SSSR count). The van der Waals surface area contributed by atoms with Crippen LogP contribution in [-0.2, 0) is 31.1 Å². The number of halogens is 3. The van der Waals surface area contributed by atoms with Crippen molar-refractivity contribution in [2.75, 3.05) is 12.3 Å². The highest BCUT2D eigenvalue weighted by molar-refractivity contribution is 7.99. The van der Waals surface area contributed by atoms with Gasteiger partial charge in [0.05, 0.1) is 30.6 Å². The zero-order chi connectivity index (χ0) is 24.3. The molecule has 3 heterocycles. The summed E-state index contributed by atoms with van der Waals surface area (Å²) in [6.45, 7) is 0.462. The molecule has 0 bridgehead atoms. The minimum Gasteiger partial charge on any atom is -0.354 e. The maximum Gasteiger partial charge on any atom is 0.416 e. The number of hydrogen-bond donors (Lipinski definition) is 1. The molecule has 0 saturated carbocycles. The van der Waals surface area contributed by atoms with E-state index in [0.29, 0.717) is 16.4 Å². The van der Waals surface area contributed by atoms with Crippen LogP contribution in [0.25, 0.3) is 11.0 Å². The number of alkyl halides is 3. The molecule has 15 heteroatoms. The minimum absolute atomic E-state index is 0.0639. The Kier molecular flexibility index (Phi) is 6.63. The number of fused-ring (bicyclic) bond motifs is 1. The van der Waals surface area contributed by atoms with Crippen LogP contribution >= 0.6 is 11.8 Å². The Labute approximate surface area is 194 Å². The lowest BCUT2D eigenvalue weighted by Gasteiger charge is -2.10. The second-order valence-corrected chi connectivity index (χ2v) is 8.15. The zero-order valence-corrected chi connectivity index (χ0v) is 18.5. The number of tetrazole rings is 1. The van der Waals surface area contributed by atoms with Crippen molar-refractivity contribution in [2.45, 2.75) is 24.4 Å². The van der Waals surface area contributed by atoms with Gasteiger partial charge in [0.25, 0.3) is 5.56 Å². The molecule has 178 valence electrons. The Hall–Kier alpha value is -3.75. The molecule has 1 N–H and O–H groups in total. The first-order valence-corrected chi connectivity index (χ1v) is 10.9. The highest BCUT2D eigenvalue weighted by atomic mass is 32.2. The molecule has 0 fully saturated rings. The lowest BCUT2D eigenvalue weighted by atomic mass is 10.1. The number of carbonyl (C=O) groups is 1. The number of amides is 1. The van der Waals surface area contributed by atoms with Gasteiger partial charge in [0.2, 0.25) is 11.1 Å². The predicted octanol–water partition coefficient (Wildman–Crippen LogP) is 1.09. The van der Waals surface area contributed by atoms with Gasteiger partial charge in [-0.15, -0.1) is 5.10 Å². The van der Waals surface area contributed by atoms with E-state index in [1.54, 1.807) is 7.05 Å². The number of aromatic nitrogens is 8. The van der Waals surface area contributed by atoms with Crippen molar-refractivity contribution in [3.63, 3.8) is 0 Å².